The van der Waals surface area contributed by atoms with Crippen molar-refractivity contribution in [2.24, 2.45) is 34.5 Å². The first-order valence-electron chi connectivity index (χ1n) is 20.6. The Balaban J connectivity index is 0.000000160. The number of ketones is 3. The quantitative estimate of drug-likeness (QED) is 0.274. The van der Waals surface area contributed by atoms with Crippen LogP contribution in [0.25, 0.3) is 0 Å². The molecule has 0 bridgehead atoms. The minimum absolute atomic E-state index is 0.0160. The Morgan fingerprint density at radius 2 is 1.63 bits per heavy atom. The molecule has 3 heterocycles. The van der Waals surface area contributed by atoms with Gasteiger partial charge in [0.25, 0.3) is 0 Å². The van der Waals surface area contributed by atoms with Gasteiger partial charge < -0.3 is 28.4 Å². The number of benzene rings is 2. The van der Waals surface area contributed by atoms with Gasteiger partial charge in [-0.15, -0.1) is 0 Å². The van der Waals surface area contributed by atoms with Crippen molar-refractivity contribution >= 4 is 23.3 Å². The lowest BCUT2D eigenvalue weighted by atomic mass is 9.47. The average molecular weight is 781 g/mol. The van der Waals surface area contributed by atoms with Crippen LogP contribution in [0.3, 0.4) is 0 Å². The van der Waals surface area contributed by atoms with Crippen molar-refractivity contribution in [3.8, 4) is 28.7 Å². The van der Waals surface area contributed by atoms with Crippen LogP contribution in [0.2, 0.25) is 0 Å². The lowest BCUT2D eigenvalue weighted by Gasteiger charge is -2.58. The van der Waals surface area contributed by atoms with Gasteiger partial charge in [-0.25, -0.2) is 0 Å². The largest absolute Gasteiger partial charge is 0.493 e. The summed E-state index contributed by atoms with van der Waals surface area (Å²) in [7, 11) is 3.16. The number of carbonyl (C=O) groups is 4. The first kappa shape index (κ1) is 39.2. The molecule has 304 valence electrons. The third-order valence-corrected chi connectivity index (χ3v) is 14.9. The van der Waals surface area contributed by atoms with E-state index in [0.717, 1.165) is 49.0 Å². The highest BCUT2D eigenvalue weighted by molar-refractivity contribution is 6.06. The molecule has 0 N–H and O–H groups in total. The van der Waals surface area contributed by atoms with E-state index in [2.05, 4.69) is 40.7 Å². The van der Waals surface area contributed by atoms with E-state index in [9.17, 15) is 19.2 Å². The zero-order valence-electron chi connectivity index (χ0n) is 34.7. The second kappa shape index (κ2) is 14.0. The van der Waals surface area contributed by atoms with Gasteiger partial charge in [-0.2, -0.15) is 0 Å². The van der Waals surface area contributed by atoms with Crippen LogP contribution in [0.5, 0.6) is 28.7 Å². The third kappa shape index (κ3) is 5.93. The Morgan fingerprint density at radius 3 is 2.32 bits per heavy atom. The van der Waals surface area contributed by atoms with Gasteiger partial charge in [0.05, 0.1) is 25.7 Å². The Kier molecular flexibility index (Phi) is 9.67. The monoisotopic (exact) mass is 780 g/mol. The summed E-state index contributed by atoms with van der Waals surface area (Å²) in [5.41, 5.74) is 3.53. The summed E-state index contributed by atoms with van der Waals surface area (Å²) in [4.78, 5) is 50.3. The molecule has 2 aromatic carbocycles. The number of ether oxygens (including phenoxy) is 6. The van der Waals surface area contributed by atoms with Gasteiger partial charge in [-0.05, 0) is 105 Å². The topological polar surface area (TPSA) is 124 Å². The van der Waals surface area contributed by atoms with Gasteiger partial charge in [0.15, 0.2) is 34.4 Å². The molecule has 2 fully saturated rings. The summed E-state index contributed by atoms with van der Waals surface area (Å²) >= 11 is 0. The highest BCUT2D eigenvalue weighted by atomic mass is 16.6. The smallest absolute Gasteiger partial charge is 0.303 e. The van der Waals surface area contributed by atoms with Crippen LogP contribution in [0.15, 0.2) is 47.6 Å². The SMILES string of the molecule is CC(=O)OC1(C(C)=O)CCC2C3C=C(C)C4=CC(=O)CCC4(C)C3CCC21C.COc1cc2c(cc1OC)C1C(=O)c3ccc4c(c3OC1CO2)CC(C(C)C)O4. The van der Waals surface area contributed by atoms with Crippen LogP contribution in [0.4, 0.5) is 0 Å². The molecule has 7 aliphatic rings. The molecule has 10 nitrogen and oxygen atoms in total. The summed E-state index contributed by atoms with van der Waals surface area (Å²) in [5.74, 6) is 4.27. The molecule has 0 saturated heterocycles. The standard InChI is InChI=1S/C24H32O4.C23H24O6/c1-14-12-18-19(22(4)9-6-17(27)13-21(14)22)7-10-23(5)20(18)8-11-24(23,15(2)25)28-16(3)26;1-11(2)16-8-14-15(28-16)6-5-12-22(24)21-13-7-18(25-3)19(26-4)9-17(13)27-10-20(21)29-23(12)14/h12-13,18-20H,6-11H2,1-5H3;5-7,9,11,16,20-21H,8,10H2,1-4H3. The first-order valence-corrected chi connectivity index (χ1v) is 20.6. The second-order valence-electron chi connectivity index (χ2n) is 18.1. The first-order chi connectivity index (χ1) is 27.1. The zero-order chi connectivity index (χ0) is 40.8. The van der Waals surface area contributed by atoms with Crippen molar-refractivity contribution in [2.45, 2.75) is 117 Å². The highest BCUT2D eigenvalue weighted by Crippen LogP contribution is 2.68. The van der Waals surface area contributed by atoms with E-state index >= 15 is 0 Å². The van der Waals surface area contributed by atoms with E-state index in [-0.39, 0.29) is 46.4 Å². The third-order valence-electron chi connectivity index (χ3n) is 14.9. The van der Waals surface area contributed by atoms with E-state index in [4.69, 9.17) is 28.4 Å². The molecule has 2 saturated carbocycles. The molecule has 0 radical (unpaired) electrons. The number of Topliss-reactive ketones (excluding diaryl/α,β-unsaturated/α-hetero) is 2. The Hall–Kier alpha value is -4.60. The summed E-state index contributed by atoms with van der Waals surface area (Å²) in [6.45, 7) is 14.2. The molecular formula is C47H56O10. The Morgan fingerprint density at radius 1 is 0.912 bits per heavy atom. The molecule has 0 aromatic heterocycles. The highest BCUT2D eigenvalue weighted by Gasteiger charge is 2.67. The molecule has 0 spiro atoms. The number of hydrogen-bond donors (Lipinski definition) is 0. The van der Waals surface area contributed by atoms with Crippen molar-refractivity contribution in [1.82, 2.24) is 0 Å². The van der Waals surface area contributed by atoms with Gasteiger partial charge >= 0.3 is 5.97 Å². The van der Waals surface area contributed by atoms with E-state index in [1.165, 1.54) is 18.1 Å². The van der Waals surface area contributed by atoms with Crippen molar-refractivity contribution in [2.75, 3.05) is 20.8 Å². The van der Waals surface area contributed by atoms with Crippen LogP contribution in [0.1, 0.15) is 114 Å². The molecule has 3 aliphatic heterocycles. The summed E-state index contributed by atoms with van der Waals surface area (Å²) in [5, 5.41) is 0. The van der Waals surface area contributed by atoms with Gasteiger partial charge in [-0.3, -0.25) is 19.2 Å². The minimum Gasteiger partial charge on any atom is -0.493 e. The van der Waals surface area contributed by atoms with Crippen LogP contribution in [-0.2, 0) is 25.5 Å². The van der Waals surface area contributed by atoms with E-state index in [1.54, 1.807) is 27.2 Å². The number of fused-ring (bicyclic) bond motifs is 11. The number of allylic oxidation sites excluding steroid dienone is 4. The van der Waals surface area contributed by atoms with Gasteiger partial charge in [0.1, 0.15) is 36.1 Å². The Labute approximate surface area is 335 Å². The minimum atomic E-state index is -0.990. The fourth-order valence-electron chi connectivity index (χ4n) is 11.9. The summed E-state index contributed by atoms with van der Waals surface area (Å²) in [6.07, 6.45) is 9.67. The molecule has 0 amide bonds. The zero-order valence-corrected chi connectivity index (χ0v) is 34.7. The van der Waals surface area contributed by atoms with Crippen molar-refractivity contribution in [1.29, 1.82) is 0 Å². The molecule has 9 atom stereocenters. The van der Waals surface area contributed by atoms with Gasteiger partial charge in [0, 0.05) is 42.4 Å². The summed E-state index contributed by atoms with van der Waals surface area (Å²) in [6, 6.07) is 7.32. The number of methoxy groups -OCH3 is 2. The number of rotatable bonds is 5. The number of esters is 1. The lowest BCUT2D eigenvalue weighted by Crippen LogP contribution is -2.58. The van der Waals surface area contributed by atoms with E-state index in [1.807, 2.05) is 24.3 Å². The molecular weight excluding hydrogens is 725 g/mol. The van der Waals surface area contributed by atoms with Gasteiger partial charge in [-0.1, -0.05) is 39.3 Å². The molecule has 10 heteroatoms. The molecule has 2 aromatic rings. The fraction of sp³-hybridized carbons (Fsp3) is 0.574. The average Bonchev–Trinajstić information content (AvgIpc) is 3.75. The maximum Gasteiger partial charge on any atom is 0.303 e. The van der Waals surface area contributed by atoms with Crippen molar-refractivity contribution in [3.05, 3.63) is 64.3 Å². The fourth-order valence-corrected chi connectivity index (χ4v) is 11.9. The van der Waals surface area contributed by atoms with Crippen LogP contribution >= 0.6 is 0 Å². The molecule has 9 rings (SSSR count). The number of hydrogen-bond acceptors (Lipinski definition) is 10. The van der Waals surface area contributed by atoms with E-state index < -0.39 is 11.5 Å². The van der Waals surface area contributed by atoms with Crippen LogP contribution in [-0.4, -0.2) is 62.0 Å². The molecule has 4 aliphatic carbocycles. The number of carbonyl (C=O) groups excluding carboxylic acids is 4. The normalized spacial score (nSPS) is 34.0. The van der Waals surface area contributed by atoms with Gasteiger partial charge in [0.2, 0.25) is 0 Å². The van der Waals surface area contributed by atoms with E-state index in [0.29, 0.717) is 71.7 Å². The second-order valence-corrected chi connectivity index (χ2v) is 18.1. The summed E-state index contributed by atoms with van der Waals surface area (Å²) < 4.78 is 35.0. The van der Waals surface area contributed by atoms with Crippen molar-refractivity contribution in [3.63, 3.8) is 0 Å². The maximum absolute atomic E-state index is 13.5. The predicted octanol–water partition coefficient (Wildman–Crippen LogP) is 8.36. The molecule has 57 heavy (non-hydrogen) atoms. The molecule has 9 unspecified atom stereocenters. The van der Waals surface area contributed by atoms with Crippen LogP contribution < -0.4 is 23.7 Å². The van der Waals surface area contributed by atoms with Crippen molar-refractivity contribution < 1.29 is 47.6 Å². The lowest BCUT2D eigenvalue weighted by molar-refractivity contribution is -0.185. The Bertz CT molecular complexity index is 2110. The van der Waals surface area contributed by atoms with Crippen LogP contribution in [0, 0.1) is 34.5 Å². The maximum atomic E-state index is 13.5. The predicted molar refractivity (Wildman–Crippen MR) is 212 cm³/mol.